The van der Waals surface area contributed by atoms with Crippen LogP contribution in [0.15, 0.2) is 35.6 Å². The molecule has 204 valence electrons. The van der Waals surface area contributed by atoms with Crippen molar-refractivity contribution in [2.75, 3.05) is 38.7 Å². The van der Waals surface area contributed by atoms with Gasteiger partial charge in [0.15, 0.2) is 12.5 Å². The topological polar surface area (TPSA) is 151 Å². The molecule has 0 radical (unpaired) electrons. The highest BCUT2D eigenvalue weighted by atomic mass is 16.6. The number of aromatic nitrogens is 3. The zero-order chi connectivity index (χ0) is 27.7. The van der Waals surface area contributed by atoms with Crippen LogP contribution < -0.4 is 10.1 Å². The number of nitrogens with one attached hydrogen (secondary N) is 2. The van der Waals surface area contributed by atoms with Gasteiger partial charge in [-0.3, -0.25) is 4.99 Å². The van der Waals surface area contributed by atoms with Gasteiger partial charge in [0.2, 0.25) is 0 Å². The molecule has 2 heterocycles. The van der Waals surface area contributed by atoms with E-state index in [1.807, 2.05) is 20.8 Å². The molecule has 0 aliphatic rings. The molecule has 12 nitrogen and oxygen atoms in total. The van der Waals surface area contributed by atoms with Crippen LogP contribution in [-0.2, 0) is 14.3 Å². The lowest BCUT2D eigenvalue weighted by atomic mass is 10.2. The SMILES string of the molecule is CCOC(=O)COc1cccc(N=Cc2c(O)[nH]c3ncnc(NCCCN(C)C(=O)OC(C)(C)C)c23)c1. The van der Waals surface area contributed by atoms with Gasteiger partial charge in [-0.25, -0.2) is 19.6 Å². The van der Waals surface area contributed by atoms with Gasteiger partial charge in [-0.1, -0.05) is 6.07 Å². The van der Waals surface area contributed by atoms with Crippen molar-refractivity contribution >= 4 is 40.8 Å². The number of fused-ring (bicyclic) bond motifs is 1. The number of carbonyl (C=O) groups is 2. The maximum atomic E-state index is 12.1. The Kier molecular flexibility index (Phi) is 9.47. The molecule has 3 aromatic rings. The number of carbonyl (C=O) groups excluding carboxylic acids is 2. The highest BCUT2D eigenvalue weighted by Crippen LogP contribution is 2.30. The number of rotatable bonds is 11. The van der Waals surface area contributed by atoms with Gasteiger partial charge >= 0.3 is 12.1 Å². The Balaban J connectivity index is 1.68. The fraction of sp³-hybridized carbons (Fsp3) is 0.423. The summed E-state index contributed by atoms with van der Waals surface area (Å²) >= 11 is 0. The highest BCUT2D eigenvalue weighted by Gasteiger charge is 2.19. The molecule has 38 heavy (non-hydrogen) atoms. The van der Waals surface area contributed by atoms with E-state index in [9.17, 15) is 14.7 Å². The van der Waals surface area contributed by atoms with Crippen LogP contribution in [0.25, 0.3) is 11.0 Å². The van der Waals surface area contributed by atoms with Crippen LogP contribution in [0.2, 0.25) is 0 Å². The number of aromatic hydroxyl groups is 1. The Morgan fingerprint density at radius 2 is 2.05 bits per heavy atom. The Hall–Kier alpha value is -4.35. The average molecular weight is 527 g/mol. The summed E-state index contributed by atoms with van der Waals surface area (Å²) < 4.78 is 15.7. The molecule has 0 atom stereocenters. The van der Waals surface area contributed by atoms with E-state index in [0.29, 0.717) is 53.4 Å². The number of esters is 1. The van der Waals surface area contributed by atoms with Crippen LogP contribution in [-0.4, -0.2) is 82.2 Å². The number of hydrogen-bond acceptors (Lipinski definition) is 10. The second-order valence-electron chi connectivity index (χ2n) is 9.36. The lowest BCUT2D eigenvalue weighted by Gasteiger charge is -2.24. The first-order valence-electron chi connectivity index (χ1n) is 12.2. The number of amides is 1. The van der Waals surface area contributed by atoms with Crippen LogP contribution >= 0.6 is 0 Å². The molecule has 0 unspecified atom stereocenters. The second kappa shape index (κ2) is 12.7. The first-order chi connectivity index (χ1) is 18.1. The third-order valence-corrected chi connectivity index (χ3v) is 5.10. The summed E-state index contributed by atoms with van der Waals surface area (Å²) in [6, 6.07) is 6.87. The van der Waals surface area contributed by atoms with Crippen molar-refractivity contribution in [1.29, 1.82) is 0 Å². The van der Waals surface area contributed by atoms with Crippen molar-refractivity contribution in [3.63, 3.8) is 0 Å². The molecule has 1 amide bonds. The normalized spacial score (nSPS) is 11.5. The van der Waals surface area contributed by atoms with E-state index in [1.165, 1.54) is 17.4 Å². The minimum absolute atomic E-state index is 0.105. The fourth-order valence-electron chi connectivity index (χ4n) is 3.38. The number of aromatic amines is 1. The summed E-state index contributed by atoms with van der Waals surface area (Å²) in [5, 5.41) is 14.3. The Morgan fingerprint density at radius 3 is 2.79 bits per heavy atom. The number of benzene rings is 1. The zero-order valence-corrected chi connectivity index (χ0v) is 22.3. The van der Waals surface area contributed by atoms with Crippen LogP contribution in [0.3, 0.4) is 0 Å². The van der Waals surface area contributed by atoms with Gasteiger partial charge in [0, 0.05) is 32.4 Å². The standard InChI is InChI=1S/C26H34N6O6/c1-6-36-20(33)15-37-18-10-7-9-17(13-18)28-14-19-21-22(29-16-30-23(21)31-24(19)34)27-11-8-12-32(5)25(35)38-26(2,3)4/h7,9-10,13-14,16,34H,6,8,11-12,15H2,1-5H3,(H2,27,29,30,31). The second-order valence-corrected chi connectivity index (χ2v) is 9.36. The number of hydrogen-bond donors (Lipinski definition) is 3. The monoisotopic (exact) mass is 526 g/mol. The third kappa shape index (κ3) is 8.08. The van der Waals surface area contributed by atoms with Gasteiger partial charge < -0.3 is 34.5 Å². The van der Waals surface area contributed by atoms with Crippen LogP contribution in [0.1, 0.15) is 39.7 Å². The van der Waals surface area contributed by atoms with Gasteiger partial charge in [-0.05, 0) is 46.2 Å². The van der Waals surface area contributed by atoms with Gasteiger partial charge in [-0.2, -0.15) is 0 Å². The van der Waals surface area contributed by atoms with Crippen molar-refractivity contribution in [3.8, 4) is 11.6 Å². The fourth-order valence-corrected chi connectivity index (χ4v) is 3.38. The molecule has 12 heteroatoms. The highest BCUT2D eigenvalue weighted by molar-refractivity contribution is 6.06. The summed E-state index contributed by atoms with van der Waals surface area (Å²) in [6.45, 7) is 8.28. The van der Waals surface area contributed by atoms with E-state index >= 15 is 0 Å². The van der Waals surface area contributed by atoms with Crippen molar-refractivity contribution < 1.29 is 28.9 Å². The summed E-state index contributed by atoms with van der Waals surface area (Å²) in [6.07, 6.45) is 3.15. The molecule has 0 spiro atoms. The van der Waals surface area contributed by atoms with E-state index in [4.69, 9.17) is 14.2 Å². The lowest BCUT2D eigenvalue weighted by molar-refractivity contribution is -0.145. The molecule has 3 N–H and O–H groups in total. The van der Waals surface area contributed by atoms with Crippen molar-refractivity contribution in [2.24, 2.45) is 4.99 Å². The lowest BCUT2D eigenvalue weighted by Crippen LogP contribution is -2.35. The summed E-state index contributed by atoms with van der Waals surface area (Å²) in [4.78, 5) is 41.0. The quantitative estimate of drug-likeness (QED) is 0.191. The Labute approximate surface area is 221 Å². The van der Waals surface area contributed by atoms with Crippen molar-refractivity contribution in [1.82, 2.24) is 19.9 Å². The van der Waals surface area contributed by atoms with Crippen LogP contribution in [0, 0.1) is 0 Å². The van der Waals surface area contributed by atoms with Gasteiger partial charge in [0.05, 0.1) is 23.2 Å². The number of H-pyrrole nitrogens is 1. The zero-order valence-electron chi connectivity index (χ0n) is 22.3. The predicted molar refractivity (Wildman–Crippen MR) is 143 cm³/mol. The van der Waals surface area contributed by atoms with E-state index in [-0.39, 0.29) is 25.2 Å². The van der Waals surface area contributed by atoms with E-state index in [1.54, 1.807) is 38.2 Å². The molecule has 1 aromatic carbocycles. The van der Waals surface area contributed by atoms with Crippen molar-refractivity contribution in [2.45, 2.75) is 39.7 Å². The van der Waals surface area contributed by atoms with E-state index < -0.39 is 11.6 Å². The molecule has 0 aliphatic heterocycles. The first kappa shape index (κ1) is 28.2. The smallest absolute Gasteiger partial charge is 0.410 e. The number of ether oxygens (including phenoxy) is 3. The minimum atomic E-state index is -0.554. The molecule has 3 rings (SSSR count). The number of anilines is 1. The van der Waals surface area contributed by atoms with E-state index in [2.05, 4.69) is 25.3 Å². The third-order valence-electron chi connectivity index (χ3n) is 5.10. The van der Waals surface area contributed by atoms with E-state index in [0.717, 1.165) is 0 Å². The maximum Gasteiger partial charge on any atom is 0.410 e. The summed E-state index contributed by atoms with van der Waals surface area (Å²) in [7, 11) is 1.69. The Morgan fingerprint density at radius 1 is 1.26 bits per heavy atom. The molecule has 0 saturated heterocycles. The number of aliphatic imine (C=N–C) groups is 1. The Bertz CT molecular complexity index is 1280. The molecule has 2 aromatic heterocycles. The van der Waals surface area contributed by atoms with Gasteiger partial charge in [0.25, 0.3) is 0 Å². The van der Waals surface area contributed by atoms with Gasteiger partial charge in [0.1, 0.15) is 29.1 Å². The molecule has 0 fully saturated rings. The maximum absolute atomic E-state index is 12.1. The molecule has 0 aliphatic carbocycles. The van der Waals surface area contributed by atoms with Gasteiger partial charge in [-0.15, -0.1) is 0 Å². The first-order valence-corrected chi connectivity index (χ1v) is 12.2. The minimum Gasteiger partial charge on any atom is -0.494 e. The number of nitrogens with zero attached hydrogens (tertiary/aromatic N) is 4. The average Bonchev–Trinajstić information content (AvgIpc) is 3.19. The summed E-state index contributed by atoms with van der Waals surface area (Å²) in [5.74, 6) is 0.408. The molecule has 0 bridgehead atoms. The molecular formula is C26H34N6O6. The molecular weight excluding hydrogens is 492 g/mol. The van der Waals surface area contributed by atoms with Crippen LogP contribution in [0.4, 0.5) is 16.3 Å². The van der Waals surface area contributed by atoms with Crippen molar-refractivity contribution in [3.05, 3.63) is 36.2 Å². The predicted octanol–water partition coefficient (Wildman–Crippen LogP) is 4.02. The summed E-state index contributed by atoms with van der Waals surface area (Å²) in [5.41, 5.74) is 0.851. The van der Waals surface area contributed by atoms with Crippen LogP contribution in [0.5, 0.6) is 11.6 Å². The molecule has 0 saturated carbocycles. The largest absolute Gasteiger partial charge is 0.494 e.